The predicted octanol–water partition coefficient (Wildman–Crippen LogP) is 4.92. The Morgan fingerprint density at radius 2 is 1.56 bits per heavy atom. The van der Waals surface area contributed by atoms with E-state index in [4.69, 9.17) is 0 Å². The summed E-state index contributed by atoms with van der Waals surface area (Å²) in [5.41, 5.74) is 1.80. The smallest absolute Gasteiger partial charge is 0.0167 e. The van der Waals surface area contributed by atoms with Gasteiger partial charge in [0.25, 0.3) is 0 Å². The molecule has 1 aromatic carbocycles. The Labute approximate surface area is 154 Å². The van der Waals surface area contributed by atoms with E-state index < -0.39 is 0 Å². The average Bonchev–Trinajstić information content (AvgIpc) is 2.63. The quantitative estimate of drug-likeness (QED) is 0.767. The van der Waals surface area contributed by atoms with Gasteiger partial charge in [-0.1, -0.05) is 63.3 Å². The van der Waals surface area contributed by atoms with Crippen LogP contribution in [0.5, 0.6) is 0 Å². The minimum Gasteiger partial charge on any atom is -0.298 e. The lowest BCUT2D eigenvalue weighted by atomic mass is 9.71. The number of hydrogen-bond acceptors (Lipinski definition) is 2. The number of piperazine rings is 1. The highest BCUT2D eigenvalue weighted by atomic mass is 15.3. The Hall–Kier alpha value is -1.12. The topological polar surface area (TPSA) is 6.48 Å². The van der Waals surface area contributed by atoms with Crippen molar-refractivity contribution in [1.82, 2.24) is 9.80 Å². The molecule has 1 heterocycles. The Bertz CT molecular complexity index is 527. The van der Waals surface area contributed by atoms with E-state index in [0.717, 1.165) is 18.5 Å². The van der Waals surface area contributed by atoms with Gasteiger partial charge in [0.1, 0.15) is 0 Å². The monoisotopic (exact) mass is 340 g/mol. The maximum atomic E-state index is 2.77. The van der Waals surface area contributed by atoms with Crippen LogP contribution >= 0.6 is 0 Å². The number of benzene rings is 1. The van der Waals surface area contributed by atoms with Gasteiger partial charge in [0.15, 0.2) is 0 Å². The third-order valence-electron chi connectivity index (χ3n) is 6.32. The van der Waals surface area contributed by atoms with Crippen LogP contribution in [-0.2, 0) is 0 Å². The third kappa shape index (κ3) is 5.43. The summed E-state index contributed by atoms with van der Waals surface area (Å²) in [6, 6.07) is 11.5. The summed E-state index contributed by atoms with van der Waals surface area (Å²) < 4.78 is 0. The molecule has 2 aliphatic rings. The lowest BCUT2D eigenvalue weighted by Gasteiger charge is -2.44. The van der Waals surface area contributed by atoms with Crippen LogP contribution < -0.4 is 0 Å². The van der Waals surface area contributed by atoms with Crippen LogP contribution in [0.15, 0.2) is 36.4 Å². The maximum Gasteiger partial charge on any atom is 0.0167 e. The van der Waals surface area contributed by atoms with Crippen molar-refractivity contribution in [3.8, 4) is 0 Å². The molecular formula is C23H36N2. The van der Waals surface area contributed by atoms with Gasteiger partial charge in [-0.3, -0.25) is 9.80 Å². The van der Waals surface area contributed by atoms with Gasteiger partial charge >= 0.3 is 0 Å². The van der Waals surface area contributed by atoms with Crippen LogP contribution in [-0.4, -0.2) is 48.6 Å². The molecule has 138 valence electrons. The first-order valence-electron chi connectivity index (χ1n) is 10.2. The second-order valence-corrected chi connectivity index (χ2v) is 9.02. The molecule has 1 saturated carbocycles. The minimum atomic E-state index is 0.495. The van der Waals surface area contributed by atoms with E-state index in [2.05, 4.69) is 73.1 Å². The van der Waals surface area contributed by atoms with Gasteiger partial charge in [-0.05, 0) is 42.6 Å². The lowest BCUT2D eigenvalue weighted by Crippen LogP contribution is -2.51. The normalized spacial score (nSPS) is 27.0. The Morgan fingerprint density at radius 1 is 0.920 bits per heavy atom. The zero-order valence-corrected chi connectivity index (χ0v) is 16.5. The van der Waals surface area contributed by atoms with Crippen LogP contribution in [0.25, 0.3) is 6.08 Å². The van der Waals surface area contributed by atoms with Crippen molar-refractivity contribution in [2.75, 3.05) is 32.7 Å². The highest BCUT2D eigenvalue weighted by Crippen LogP contribution is 2.39. The number of rotatable bonds is 4. The minimum absolute atomic E-state index is 0.495. The first-order valence-corrected chi connectivity index (χ1v) is 10.2. The molecule has 1 aromatic rings. The first kappa shape index (κ1) is 18.7. The van der Waals surface area contributed by atoms with Crippen molar-refractivity contribution >= 4 is 6.08 Å². The van der Waals surface area contributed by atoms with Crippen LogP contribution in [0.2, 0.25) is 0 Å². The molecule has 2 nitrogen and oxygen atoms in total. The van der Waals surface area contributed by atoms with Crippen LogP contribution in [0.3, 0.4) is 0 Å². The SMILES string of the molecule is CC(C)(C)C1CCC(N2CCN(CC=Cc3ccccc3)CC2)CC1. The predicted molar refractivity (Wildman–Crippen MR) is 109 cm³/mol. The molecule has 0 amide bonds. The molecule has 0 unspecified atom stereocenters. The Kier molecular flexibility index (Phi) is 6.35. The Balaban J connectivity index is 1.38. The molecule has 0 N–H and O–H groups in total. The zero-order valence-electron chi connectivity index (χ0n) is 16.5. The summed E-state index contributed by atoms with van der Waals surface area (Å²) in [7, 11) is 0. The van der Waals surface area contributed by atoms with Gasteiger partial charge in [0.2, 0.25) is 0 Å². The van der Waals surface area contributed by atoms with Crippen LogP contribution in [0.4, 0.5) is 0 Å². The second kappa shape index (κ2) is 8.51. The van der Waals surface area contributed by atoms with E-state index in [9.17, 15) is 0 Å². The molecule has 1 saturated heterocycles. The molecule has 0 aromatic heterocycles. The van der Waals surface area contributed by atoms with Crippen molar-refractivity contribution in [2.24, 2.45) is 11.3 Å². The summed E-state index contributed by atoms with van der Waals surface area (Å²) in [6.07, 6.45) is 10.2. The first-order chi connectivity index (χ1) is 12.0. The standard InChI is InChI=1S/C23H36N2/c1-23(2,3)21-11-13-22(14-12-21)25-18-16-24(17-19-25)15-7-10-20-8-5-4-6-9-20/h4-10,21-22H,11-19H2,1-3H3. The Morgan fingerprint density at radius 3 is 2.16 bits per heavy atom. The van der Waals surface area contributed by atoms with Crippen molar-refractivity contribution in [3.05, 3.63) is 42.0 Å². The zero-order chi connectivity index (χ0) is 17.7. The van der Waals surface area contributed by atoms with E-state index in [1.807, 2.05) is 0 Å². The molecule has 1 aliphatic carbocycles. The third-order valence-corrected chi connectivity index (χ3v) is 6.32. The number of nitrogens with zero attached hydrogens (tertiary/aromatic N) is 2. The van der Waals surface area contributed by atoms with E-state index in [0.29, 0.717) is 5.41 Å². The van der Waals surface area contributed by atoms with Gasteiger partial charge in [-0.15, -0.1) is 0 Å². The molecule has 0 atom stereocenters. The molecule has 2 fully saturated rings. The second-order valence-electron chi connectivity index (χ2n) is 9.02. The van der Waals surface area contributed by atoms with Gasteiger partial charge in [0.05, 0.1) is 0 Å². The fourth-order valence-corrected chi connectivity index (χ4v) is 4.52. The molecule has 0 spiro atoms. The van der Waals surface area contributed by atoms with Gasteiger partial charge in [-0.2, -0.15) is 0 Å². The average molecular weight is 341 g/mol. The molecular weight excluding hydrogens is 304 g/mol. The van der Waals surface area contributed by atoms with Crippen molar-refractivity contribution in [3.63, 3.8) is 0 Å². The fourth-order valence-electron chi connectivity index (χ4n) is 4.52. The summed E-state index contributed by atoms with van der Waals surface area (Å²) in [5, 5.41) is 0. The molecule has 0 radical (unpaired) electrons. The van der Waals surface area contributed by atoms with Crippen molar-refractivity contribution < 1.29 is 0 Å². The highest BCUT2D eigenvalue weighted by Gasteiger charge is 2.32. The van der Waals surface area contributed by atoms with Gasteiger partial charge in [-0.25, -0.2) is 0 Å². The van der Waals surface area contributed by atoms with Crippen molar-refractivity contribution in [2.45, 2.75) is 52.5 Å². The molecule has 1 aliphatic heterocycles. The summed E-state index contributed by atoms with van der Waals surface area (Å²) in [4.78, 5) is 5.37. The summed E-state index contributed by atoms with van der Waals surface area (Å²) >= 11 is 0. The van der Waals surface area contributed by atoms with E-state index in [1.165, 1.54) is 57.4 Å². The summed E-state index contributed by atoms with van der Waals surface area (Å²) in [6.45, 7) is 13.3. The maximum absolute atomic E-state index is 2.77. The lowest BCUT2D eigenvalue weighted by molar-refractivity contribution is 0.0579. The largest absolute Gasteiger partial charge is 0.298 e. The van der Waals surface area contributed by atoms with E-state index >= 15 is 0 Å². The molecule has 0 bridgehead atoms. The molecule has 25 heavy (non-hydrogen) atoms. The molecule has 2 heteroatoms. The van der Waals surface area contributed by atoms with Gasteiger partial charge in [0, 0.05) is 38.8 Å². The van der Waals surface area contributed by atoms with Crippen LogP contribution in [0, 0.1) is 11.3 Å². The van der Waals surface area contributed by atoms with E-state index in [1.54, 1.807) is 0 Å². The fraction of sp³-hybridized carbons (Fsp3) is 0.652. The summed E-state index contributed by atoms with van der Waals surface area (Å²) in [5.74, 6) is 0.924. The highest BCUT2D eigenvalue weighted by molar-refractivity contribution is 5.48. The van der Waals surface area contributed by atoms with Gasteiger partial charge < -0.3 is 0 Å². The number of hydrogen-bond donors (Lipinski definition) is 0. The van der Waals surface area contributed by atoms with Crippen molar-refractivity contribution in [1.29, 1.82) is 0 Å². The van der Waals surface area contributed by atoms with Crippen LogP contribution in [0.1, 0.15) is 52.0 Å². The van der Waals surface area contributed by atoms with E-state index in [-0.39, 0.29) is 0 Å². The molecule has 3 rings (SSSR count).